The summed E-state index contributed by atoms with van der Waals surface area (Å²) in [5.41, 5.74) is 1.39. The van der Waals surface area contributed by atoms with Crippen LogP contribution in [0.15, 0.2) is 36.4 Å². The number of para-hydroxylation sites is 2. The van der Waals surface area contributed by atoms with Gasteiger partial charge in [0.1, 0.15) is 12.3 Å². The summed E-state index contributed by atoms with van der Waals surface area (Å²) >= 11 is 6.30. The van der Waals surface area contributed by atoms with Crippen LogP contribution in [0.3, 0.4) is 0 Å². The van der Waals surface area contributed by atoms with Crippen LogP contribution in [0.25, 0.3) is 0 Å². The molecule has 0 aromatic heterocycles. The van der Waals surface area contributed by atoms with Crippen LogP contribution >= 0.6 is 11.6 Å². The van der Waals surface area contributed by atoms with Crippen LogP contribution in [0.4, 0.5) is 5.69 Å². The highest BCUT2D eigenvalue weighted by molar-refractivity contribution is 6.32. The topological polar surface area (TPSA) is 77.1 Å². The molecule has 8 heteroatoms. The molecule has 2 aliphatic heterocycles. The van der Waals surface area contributed by atoms with Gasteiger partial charge in [0.25, 0.3) is 0 Å². The lowest BCUT2D eigenvalue weighted by atomic mass is 10.2. The zero-order valence-electron chi connectivity index (χ0n) is 15.8. The Bertz CT molecular complexity index is 933. The van der Waals surface area contributed by atoms with Gasteiger partial charge in [-0.3, -0.25) is 14.5 Å². The number of carbonyl (C=O) groups is 2. The lowest BCUT2D eigenvalue weighted by Crippen LogP contribution is -2.40. The molecule has 2 heterocycles. The van der Waals surface area contributed by atoms with Crippen molar-refractivity contribution in [3.05, 3.63) is 47.0 Å². The molecule has 0 saturated carbocycles. The zero-order valence-corrected chi connectivity index (χ0v) is 16.5. The Hall–Kier alpha value is -2.93. The second-order valence-corrected chi connectivity index (χ2v) is 7.19. The second-order valence-electron chi connectivity index (χ2n) is 6.78. The minimum absolute atomic E-state index is 0.0858. The number of ether oxygens (including phenoxy) is 3. The largest absolute Gasteiger partial charge is 0.491 e. The first-order valence-corrected chi connectivity index (χ1v) is 9.86. The number of hydrogen-bond donors (Lipinski definition) is 1. The third-order valence-electron chi connectivity index (χ3n) is 4.68. The van der Waals surface area contributed by atoms with E-state index in [9.17, 15) is 9.59 Å². The minimum atomic E-state index is -0.279. The van der Waals surface area contributed by atoms with Crippen molar-refractivity contribution in [3.63, 3.8) is 0 Å². The summed E-state index contributed by atoms with van der Waals surface area (Å²) in [5, 5.41) is 3.29. The number of rotatable bonds is 4. The summed E-state index contributed by atoms with van der Waals surface area (Å²) in [6, 6.07) is 10.8. The van der Waals surface area contributed by atoms with E-state index in [1.54, 1.807) is 18.2 Å². The third-order valence-corrected chi connectivity index (χ3v) is 4.96. The van der Waals surface area contributed by atoms with E-state index >= 15 is 0 Å². The quantitative estimate of drug-likeness (QED) is 0.829. The molecule has 152 valence electrons. The number of benzene rings is 2. The van der Waals surface area contributed by atoms with E-state index in [0.717, 1.165) is 12.0 Å². The number of nitrogens with one attached hydrogen (secondary N) is 1. The first kappa shape index (κ1) is 19.4. The number of nitrogens with zero attached hydrogens (tertiary/aromatic N) is 1. The van der Waals surface area contributed by atoms with Gasteiger partial charge in [0.05, 0.1) is 37.0 Å². The van der Waals surface area contributed by atoms with E-state index in [-0.39, 0.29) is 31.3 Å². The number of fused-ring (bicyclic) bond motifs is 2. The lowest BCUT2D eigenvalue weighted by Gasteiger charge is -2.21. The van der Waals surface area contributed by atoms with E-state index in [1.807, 2.05) is 18.2 Å². The molecule has 2 aromatic carbocycles. The summed E-state index contributed by atoms with van der Waals surface area (Å²) in [5.74, 6) is 1.28. The Morgan fingerprint density at radius 3 is 2.76 bits per heavy atom. The molecule has 2 aliphatic rings. The molecule has 0 spiro atoms. The first-order valence-electron chi connectivity index (χ1n) is 9.49. The van der Waals surface area contributed by atoms with Gasteiger partial charge >= 0.3 is 0 Å². The smallest absolute Gasteiger partial charge is 0.240 e. The maximum absolute atomic E-state index is 12.5. The van der Waals surface area contributed by atoms with E-state index in [0.29, 0.717) is 47.8 Å². The lowest BCUT2D eigenvalue weighted by molar-refractivity contribution is -0.124. The van der Waals surface area contributed by atoms with Crippen molar-refractivity contribution in [2.45, 2.75) is 19.4 Å². The fourth-order valence-electron chi connectivity index (χ4n) is 3.28. The molecule has 0 bridgehead atoms. The Labute approximate surface area is 173 Å². The number of carbonyl (C=O) groups excluding carboxylic acids is 2. The molecule has 0 atom stereocenters. The predicted molar refractivity (Wildman–Crippen MR) is 108 cm³/mol. The SMILES string of the molecule is O=C(CN1C(=O)CCOc2ccccc21)NCc1cc(Cl)c2c(c1)OCCCO2. The summed E-state index contributed by atoms with van der Waals surface area (Å²) in [4.78, 5) is 26.4. The number of amides is 2. The standard InChI is InChI=1S/C21H21ClN2O5/c22-15-10-14(11-18-21(15)29-8-3-7-27-18)12-23-19(25)13-24-16-4-1-2-5-17(16)28-9-6-20(24)26/h1-2,4-5,10-11H,3,6-9,12-13H2,(H,23,25). The molecule has 7 nitrogen and oxygen atoms in total. The number of anilines is 1. The zero-order chi connectivity index (χ0) is 20.2. The normalized spacial score (nSPS) is 15.6. The summed E-state index contributed by atoms with van der Waals surface area (Å²) in [7, 11) is 0. The number of halogens is 1. The Morgan fingerprint density at radius 1 is 1.07 bits per heavy atom. The highest BCUT2D eigenvalue weighted by Gasteiger charge is 2.25. The summed E-state index contributed by atoms with van der Waals surface area (Å²) in [6.45, 7) is 1.58. The molecule has 2 aromatic rings. The van der Waals surface area contributed by atoms with E-state index in [1.165, 1.54) is 4.90 Å². The van der Waals surface area contributed by atoms with Crippen LogP contribution in [-0.4, -0.2) is 38.2 Å². The van der Waals surface area contributed by atoms with Crippen molar-refractivity contribution in [2.75, 3.05) is 31.3 Å². The van der Waals surface area contributed by atoms with Crippen LogP contribution in [0, 0.1) is 0 Å². The van der Waals surface area contributed by atoms with Crippen LogP contribution in [0.5, 0.6) is 17.2 Å². The summed E-state index contributed by atoms with van der Waals surface area (Å²) in [6.07, 6.45) is 1.01. The van der Waals surface area contributed by atoms with E-state index in [2.05, 4.69) is 5.32 Å². The molecular weight excluding hydrogens is 396 g/mol. The predicted octanol–water partition coefficient (Wildman–Crippen LogP) is 2.93. The highest BCUT2D eigenvalue weighted by atomic mass is 35.5. The molecule has 0 aliphatic carbocycles. The minimum Gasteiger partial charge on any atom is -0.491 e. The van der Waals surface area contributed by atoms with Gasteiger partial charge in [0, 0.05) is 13.0 Å². The van der Waals surface area contributed by atoms with Gasteiger partial charge in [0.15, 0.2) is 11.5 Å². The highest BCUT2D eigenvalue weighted by Crippen LogP contribution is 2.38. The van der Waals surface area contributed by atoms with Crippen LogP contribution in [0.1, 0.15) is 18.4 Å². The van der Waals surface area contributed by atoms with Crippen molar-refractivity contribution >= 4 is 29.1 Å². The van der Waals surface area contributed by atoms with Crippen molar-refractivity contribution in [1.29, 1.82) is 0 Å². The molecular formula is C21H21ClN2O5. The molecule has 1 N–H and O–H groups in total. The van der Waals surface area contributed by atoms with Crippen LogP contribution in [-0.2, 0) is 16.1 Å². The maximum Gasteiger partial charge on any atom is 0.240 e. The fraction of sp³-hybridized carbons (Fsp3) is 0.333. The molecule has 2 amide bonds. The van der Waals surface area contributed by atoms with Crippen LogP contribution < -0.4 is 24.4 Å². The molecule has 29 heavy (non-hydrogen) atoms. The monoisotopic (exact) mass is 416 g/mol. The maximum atomic E-state index is 12.5. The van der Waals surface area contributed by atoms with Gasteiger partial charge < -0.3 is 19.5 Å². The Kier molecular flexibility index (Phi) is 5.76. The fourth-order valence-corrected chi connectivity index (χ4v) is 3.57. The van der Waals surface area contributed by atoms with Crippen molar-refractivity contribution in [1.82, 2.24) is 5.32 Å². The van der Waals surface area contributed by atoms with Crippen molar-refractivity contribution < 1.29 is 23.8 Å². The third kappa shape index (κ3) is 4.40. The van der Waals surface area contributed by atoms with E-state index in [4.69, 9.17) is 25.8 Å². The Morgan fingerprint density at radius 2 is 1.86 bits per heavy atom. The average Bonchev–Trinajstić information content (AvgIpc) is 3.04. The molecule has 0 fully saturated rings. The van der Waals surface area contributed by atoms with Gasteiger partial charge in [-0.15, -0.1) is 0 Å². The Balaban J connectivity index is 1.43. The molecule has 0 unspecified atom stereocenters. The van der Waals surface area contributed by atoms with Gasteiger partial charge in [-0.1, -0.05) is 23.7 Å². The molecule has 0 radical (unpaired) electrons. The first-order chi connectivity index (χ1) is 14.1. The second kappa shape index (κ2) is 8.61. The van der Waals surface area contributed by atoms with Gasteiger partial charge in [-0.2, -0.15) is 0 Å². The summed E-state index contributed by atoms with van der Waals surface area (Å²) < 4.78 is 16.9. The van der Waals surface area contributed by atoms with Crippen molar-refractivity contribution in [3.8, 4) is 17.2 Å². The average molecular weight is 417 g/mol. The van der Waals surface area contributed by atoms with Crippen LogP contribution in [0.2, 0.25) is 5.02 Å². The molecule has 0 saturated heterocycles. The number of hydrogen-bond acceptors (Lipinski definition) is 5. The van der Waals surface area contributed by atoms with Gasteiger partial charge in [-0.25, -0.2) is 0 Å². The molecule has 4 rings (SSSR count). The van der Waals surface area contributed by atoms with Crippen molar-refractivity contribution in [2.24, 2.45) is 0 Å². The van der Waals surface area contributed by atoms with Gasteiger partial charge in [-0.05, 0) is 29.8 Å². The van der Waals surface area contributed by atoms with E-state index < -0.39 is 0 Å². The van der Waals surface area contributed by atoms with Gasteiger partial charge in [0.2, 0.25) is 11.8 Å².